The largest absolute Gasteiger partial charge is 0.290 e. The Hall–Kier alpha value is -2.23. The third-order valence-electron chi connectivity index (χ3n) is 3.12. The van der Waals surface area contributed by atoms with Gasteiger partial charge >= 0.3 is 0 Å². The number of hydrogen-bond acceptors (Lipinski definition) is 5. The van der Waals surface area contributed by atoms with E-state index in [0.717, 1.165) is 16.6 Å². The number of nitrogens with zero attached hydrogens (tertiary/aromatic N) is 2. The molecule has 24 heavy (non-hydrogen) atoms. The summed E-state index contributed by atoms with van der Waals surface area (Å²) in [5, 5.41) is -0.191. The minimum absolute atomic E-state index is 0.106. The molecule has 3 N–H and O–H groups in total. The summed E-state index contributed by atoms with van der Waals surface area (Å²) < 4.78 is 38.4. The molecule has 0 atom stereocenters. The topological polar surface area (TPSA) is 105 Å². The molecule has 0 saturated heterocycles. The Balaban J connectivity index is 2.33. The maximum atomic E-state index is 13.3. The van der Waals surface area contributed by atoms with Gasteiger partial charge in [-0.25, -0.2) is 18.7 Å². The number of rotatable bonds is 5. The number of halogens is 2. The number of nitrogens with one attached hydrogen (secondary N) is 1. The predicted molar refractivity (Wildman–Crippen MR) is 88.3 cm³/mol. The lowest BCUT2D eigenvalue weighted by Gasteiger charge is -2.22. The molecule has 1 heterocycles. The third-order valence-corrected chi connectivity index (χ3v) is 4.55. The van der Waals surface area contributed by atoms with Gasteiger partial charge in [-0.3, -0.25) is 19.5 Å². The van der Waals surface area contributed by atoms with Crippen LogP contribution >= 0.6 is 11.6 Å². The molecule has 2 aromatic rings. The molecule has 0 fully saturated rings. The van der Waals surface area contributed by atoms with Gasteiger partial charge < -0.3 is 0 Å². The number of aromatic nitrogens is 1. The Kier molecular flexibility index (Phi) is 5.37. The minimum Gasteiger partial charge on any atom is -0.290 e. The quantitative estimate of drug-likeness (QED) is 0.469. The van der Waals surface area contributed by atoms with Gasteiger partial charge in [0, 0.05) is 6.20 Å². The standard InChI is InChI=1S/C14H14ClFN4O3S/c1-24(22,23)20(11-4-5-13(16)12(15)6-11)8-10-3-2-9(7-18-10)14(21)19-17/h2-7H,8,17H2,1H3,(H,19,21). The van der Waals surface area contributed by atoms with Gasteiger partial charge in [-0.2, -0.15) is 0 Å². The molecule has 0 aliphatic heterocycles. The predicted octanol–water partition coefficient (Wildman–Crippen LogP) is 1.44. The lowest BCUT2D eigenvalue weighted by atomic mass is 10.2. The van der Waals surface area contributed by atoms with Gasteiger partial charge in [0.2, 0.25) is 10.0 Å². The highest BCUT2D eigenvalue weighted by Gasteiger charge is 2.20. The van der Waals surface area contributed by atoms with Crippen LogP contribution in [0, 0.1) is 5.82 Å². The van der Waals surface area contributed by atoms with E-state index in [2.05, 4.69) is 4.98 Å². The van der Waals surface area contributed by atoms with Gasteiger partial charge in [-0.1, -0.05) is 11.6 Å². The molecule has 1 aromatic carbocycles. The number of anilines is 1. The van der Waals surface area contributed by atoms with Crippen molar-refractivity contribution in [2.75, 3.05) is 10.6 Å². The van der Waals surface area contributed by atoms with Crippen molar-refractivity contribution in [2.45, 2.75) is 6.54 Å². The number of hydrazine groups is 1. The second-order valence-corrected chi connectivity index (χ2v) is 7.19. The Labute approximate surface area is 143 Å². The number of carbonyl (C=O) groups is 1. The summed E-state index contributed by atoms with van der Waals surface area (Å²) in [5.41, 5.74) is 2.79. The number of amides is 1. The first-order chi connectivity index (χ1) is 11.2. The number of nitrogen functional groups attached to an aromatic ring is 1. The van der Waals surface area contributed by atoms with Crippen molar-refractivity contribution in [3.8, 4) is 0 Å². The molecule has 1 aromatic heterocycles. The summed E-state index contributed by atoms with van der Waals surface area (Å²) in [7, 11) is -3.66. The zero-order valence-electron chi connectivity index (χ0n) is 12.5. The second-order valence-electron chi connectivity index (χ2n) is 4.88. The lowest BCUT2D eigenvalue weighted by molar-refractivity contribution is 0.0953. The summed E-state index contributed by atoms with van der Waals surface area (Å²) in [6.45, 7) is -0.106. The lowest BCUT2D eigenvalue weighted by Crippen LogP contribution is -2.31. The normalized spacial score (nSPS) is 11.2. The zero-order chi connectivity index (χ0) is 17.9. The number of hydrogen-bond donors (Lipinski definition) is 2. The summed E-state index contributed by atoms with van der Waals surface area (Å²) in [6.07, 6.45) is 2.29. The van der Waals surface area contributed by atoms with Crippen LogP contribution < -0.4 is 15.6 Å². The maximum absolute atomic E-state index is 13.3. The highest BCUT2D eigenvalue weighted by Crippen LogP contribution is 2.25. The molecule has 0 radical (unpaired) electrons. The average Bonchev–Trinajstić information content (AvgIpc) is 2.54. The number of pyridine rings is 1. The Bertz CT molecular complexity index is 859. The smallest absolute Gasteiger partial charge is 0.266 e. The van der Waals surface area contributed by atoms with Gasteiger partial charge in [0.25, 0.3) is 5.91 Å². The van der Waals surface area contributed by atoms with Crippen LogP contribution in [0.5, 0.6) is 0 Å². The van der Waals surface area contributed by atoms with Crippen LogP contribution in [0.3, 0.4) is 0 Å². The van der Waals surface area contributed by atoms with E-state index in [4.69, 9.17) is 17.4 Å². The van der Waals surface area contributed by atoms with Crippen LogP contribution in [-0.4, -0.2) is 25.6 Å². The average molecular weight is 373 g/mol. The number of carbonyl (C=O) groups excluding carboxylic acids is 1. The Morgan fingerprint density at radius 3 is 2.58 bits per heavy atom. The summed E-state index contributed by atoms with van der Waals surface area (Å²) in [6, 6.07) is 6.56. The fourth-order valence-electron chi connectivity index (χ4n) is 1.92. The van der Waals surface area contributed by atoms with Crippen LogP contribution in [0.2, 0.25) is 5.02 Å². The maximum Gasteiger partial charge on any atom is 0.266 e. The van der Waals surface area contributed by atoms with E-state index < -0.39 is 21.7 Å². The Morgan fingerprint density at radius 1 is 1.38 bits per heavy atom. The van der Waals surface area contributed by atoms with E-state index in [0.29, 0.717) is 5.69 Å². The highest BCUT2D eigenvalue weighted by molar-refractivity contribution is 7.92. The number of nitrogens with two attached hydrogens (primary N) is 1. The fourth-order valence-corrected chi connectivity index (χ4v) is 2.96. The molecule has 7 nitrogen and oxygen atoms in total. The van der Waals surface area contributed by atoms with Gasteiger partial charge in [0.05, 0.1) is 34.8 Å². The van der Waals surface area contributed by atoms with E-state index >= 15 is 0 Å². The molecule has 0 saturated carbocycles. The van der Waals surface area contributed by atoms with E-state index in [1.54, 1.807) is 0 Å². The second kappa shape index (κ2) is 7.12. The van der Waals surface area contributed by atoms with Crippen molar-refractivity contribution >= 4 is 33.2 Å². The van der Waals surface area contributed by atoms with Gasteiger partial charge in [0.1, 0.15) is 5.82 Å². The van der Waals surface area contributed by atoms with Crippen molar-refractivity contribution in [1.29, 1.82) is 0 Å². The van der Waals surface area contributed by atoms with E-state index in [1.807, 2.05) is 5.43 Å². The van der Waals surface area contributed by atoms with Crippen molar-refractivity contribution < 1.29 is 17.6 Å². The molecule has 0 aliphatic carbocycles. The molecule has 10 heteroatoms. The van der Waals surface area contributed by atoms with Gasteiger partial charge in [0.15, 0.2) is 0 Å². The highest BCUT2D eigenvalue weighted by atomic mass is 35.5. The first-order valence-corrected chi connectivity index (χ1v) is 8.83. The van der Waals surface area contributed by atoms with Crippen LogP contribution in [0.4, 0.5) is 10.1 Å². The van der Waals surface area contributed by atoms with Crippen molar-refractivity contribution in [1.82, 2.24) is 10.4 Å². The van der Waals surface area contributed by atoms with Crippen LogP contribution in [0.25, 0.3) is 0 Å². The summed E-state index contributed by atoms with van der Waals surface area (Å²) >= 11 is 5.71. The summed E-state index contributed by atoms with van der Waals surface area (Å²) in [4.78, 5) is 15.4. The number of sulfonamides is 1. The molecule has 128 valence electrons. The van der Waals surface area contributed by atoms with E-state index in [-0.39, 0.29) is 22.8 Å². The Morgan fingerprint density at radius 2 is 2.08 bits per heavy atom. The monoisotopic (exact) mass is 372 g/mol. The molecule has 0 aliphatic rings. The number of benzene rings is 1. The minimum atomic E-state index is -3.66. The van der Waals surface area contributed by atoms with E-state index in [9.17, 15) is 17.6 Å². The molecular formula is C14H14ClFN4O3S. The first kappa shape index (κ1) is 18.1. The third kappa shape index (κ3) is 4.19. The SMILES string of the molecule is CS(=O)(=O)N(Cc1ccc(C(=O)NN)cn1)c1ccc(F)c(Cl)c1. The van der Waals surface area contributed by atoms with Crippen LogP contribution in [0.1, 0.15) is 16.1 Å². The van der Waals surface area contributed by atoms with Crippen LogP contribution in [-0.2, 0) is 16.6 Å². The molecule has 0 bridgehead atoms. The van der Waals surface area contributed by atoms with Gasteiger partial charge in [-0.05, 0) is 30.3 Å². The first-order valence-electron chi connectivity index (χ1n) is 6.61. The van der Waals surface area contributed by atoms with Crippen molar-refractivity contribution in [3.63, 3.8) is 0 Å². The molecule has 1 amide bonds. The molecule has 0 spiro atoms. The van der Waals surface area contributed by atoms with E-state index in [1.165, 1.54) is 30.5 Å². The van der Waals surface area contributed by atoms with Crippen molar-refractivity contribution in [2.24, 2.45) is 5.84 Å². The fraction of sp³-hybridized carbons (Fsp3) is 0.143. The zero-order valence-corrected chi connectivity index (χ0v) is 14.1. The van der Waals surface area contributed by atoms with Gasteiger partial charge in [-0.15, -0.1) is 0 Å². The molecular weight excluding hydrogens is 359 g/mol. The van der Waals surface area contributed by atoms with Crippen LogP contribution in [0.15, 0.2) is 36.5 Å². The molecule has 2 rings (SSSR count). The molecule has 0 unspecified atom stereocenters. The summed E-state index contributed by atoms with van der Waals surface area (Å²) in [5.74, 6) is 3.86. The van der Waals surface area contributed by atoms with Crippen molar-refractivity contribution in [3.05, 3.63) is 58.6 Å².